The third kappa shape index (κ3) is 92.8. The average Bonchev–Trinajstić information content (AvgIpc) is 0.886. The summed E-state index contributed by atoms with van der Waals surface area (Å²) in [6, 6.07) is 0. The number of esters is 3. The zero-order valence-corrected chi connectivity index (χ0v) is 76.9. The summed E-state index contributed by atoms with van der Waals surface area (Å²) < 4.78 is 61.5. The summed E-state index contributed by atoms with van der Waals surface area (Å²) in [6.07, 6.45) is 112. The summed E-state index contributed by atoms with van der Waals surface area (Å²) in [4.78, 5) is 59.0. The number of ether oxygens (including phenoxy) is 3. The van der Waals surface area contributed by atoms with E-state index in [9.17, 15) is 43.5 Å². The number of aliphatic hydroxyl groups is 2. The minimum atomic E-state index is -4.93. The Morgan fingerprint density at radius 3 is 0.735 bits per heavy atom. The van der Waals surface area contributed by atoms with Crippen molar-refractivity contribution in [1.82, 2.24) is 0 Å². The highest BCUT2D eigenvalue weighted by Gasteiger charge is 2.30. The summed E-state index contributed by atoms with van der Waals surface area (Å²) in [5.74, 6) is -1.54. The molecule has 5 unspecified atom stereocenters. The van der Waals surface area contributed by atoms with Crippen LogP contribution in [0.2, 0.25) is 0 Å². The predicted molar refractivity (Wildman–Crippen MR) is 491 cm³/mol. The molecule has 0 radical (unpaired) electrons. The maximum atomic E-state index is 13.0. The zero-order chi connectivity index (χ0) is 85.1. The molecule has 0 spiro atoms. The van der Waals surface area contributed by atoms with Crippen LogP contribution in [0, 0.1) is 0 Å². The Labute approximate surface area is 717 Å². The van der Waals surface area contributed by atoms with Crippen LogP contribution < -0.4 is 0 Å². The molecule has 0 aliphatic rings. The maximum absolute atomic E-state index is 13.0. The summed E-state index contributed by atoms with van der Waals surface area (Å²) in [5.41, 5.74) is 0. The van der Waals surface area contributed by atoms with Crippen LogP contribution in [0.4, 0.5) is 0 Å². The first kappa shape index (κ1) is 113. The van der Waals surface area contributed by atoms with E-state index >= 15 is 0 Å². The average molecular weight is 1690 g/mol. The number of rotatable bonds is 92. The summed E-state index contributed by atoms with van der Waals surface area (Å²) in [7, 11) is -9.79. The van der Waals surface area contributed by atoms with Crippen molar-refractivity contribution in [3.05, 3.63) is 109 Å². The molecular formula is C99H178O16P2. The summed E-state index contributed by atoms with van der Waals surface area (Å²) >= 11 is 0. The fourth-order valence-corrected chi connectivity index (χ4v) is 15.3. The van der Waals surface area contributed by atoms with Gasteiger partial charge >= 0.3 is 33.6 Å². The number of aliphatic hydroxyl groups excluding tert-OH is 2. The molecule has 0 saturated heterocycles. The van der Waals surface area contributed by atoms with Gasteiger partial charge in [-0.05, 0) is 109 Å². The third-order valence-electron chi connectivity index (χ3n) is 21.0. The Morgan fingerprint density at radius 1 is 0.248 bits per heavy atom. The fraction of sp³-hybridized carbons (Fsp3) is 0.788. The number of carbonyl (C=O) groups is 3. The molecule has 0 aromatic carbocycles. The molecule has 0 aliphatic carbocycles. The van der Waals surface area contributed by atoms with Crippen molar-refractivity contribution < 1.29 is 75.8 Å². The van der Waals surface area contributed by atoms with Crippen molar-refractivity contribution in [3.8, 4) is 0 Å². The van der Waals surface area contributed by atoms with Gasteiger partial charge in [0, 0.05) is 19.3 Å². The number of carbonyl (C=O) groups excluding carboxylic acids is 3. The van der Waals surface area contributed by atoms with Gasteiger partial charge in [-0.1, -0.05) is 425 Å². The number of phosphoric acid groups is 2. The molecule has 0 amide bonds. The van der Waals surface area contributed by atoms with Crippen molar-refractivity contribution >= 4 is 33.6 Å². The molecule has 18 heteroatoms. The lowest BCUT2D eigenvalue weighted by atomic mass is 10.0. The van der Waals surface area contributed by atoms with Crippen LogP contribution in [0.5, 0.6) is 0 Å². The minimum absolute atomic E-state index is 0.111. The SMILES string of the molecule is CC/C=C\C/C=C\C/C=C\C/C=C\C/C=C\CCCCCCCCCCCCCCCCCCCCCC(=O)OCC(O)COP(=O)(O)OCC(O)COP(=O)(O)OCC(COC(=O)CCCCCCCCCCCCCCCCC/C=C\C/C=C\C/C=C\C/C=C\CCCCC)OC(=O)CCCCCCCCCCCCCCCCC. The first-order valence-corrected chi connectivity index (χ1v) is 51.2. The number of hydrogen-bond donors (Lipinski definition) is 4. The summed E-state index contributed by atoms with van der Waals surface area (Å²) in [6.45, 7) is 2.64. The standard InChI is InChI=1S/C99H178O16P2/c1-4-7-10-13-16-19-22-25-28-30-32-34-36-38-40-42-44-45-46-47-49-51-52-54-56-58-60-62-65-67-70-73-76-79-82-85-97(102)109-88-94(100)89-111-116(105,106)112-90-95(101)91-113-117(107,108)114-93-96(115-99(104)87-84-81-78-75-72-69-64-27-24-21-18-15-12-9-6-3)92-110-98(103)86-83-80-77-74-71-68-66-63-61-59-57-55-53-50-48-43-41-39-37-35-33-31-29-26-23-20-17-14-11-8-5-2/h7,10,16-17,19-20,25-26,28-29,32-35,38-41,94-96,100-101H,4-6,8-9,11-15,18,21-24,27,30-31,36-37,42-93H2,1-3H3,(H,105,106)(H,107,108)/b10-7-,19-16-,20-17-,28-25-,29-26-,34-32-,35-33-,40-38-,41-39-. The molecule has 0 aromatic rings. The topological polar surface area (TPSA) is 231 Å². The van der Waals surface area contributed by atoms with Gasteiger partial charge in [0.15, 0.2) is 6.10 Å². The fourth-order valence-electron chi connectivity index (χ4n) is 13.7. The molecule has 0 heterocycles. The van der Waals surface area contributed by atoms with Crippen LogP contribution in [0.1, 0.15) is 445 Å². The van der Waals surface area contributed by atoms with Gasteiger partial charge in [-0.15, -0.1) is 0 Å². The smallest absolute Gasteiger partial charge is 0.463 e. The number of unbranched alkanes of at least 4 members (excludes halogenated alkanes) is 51. The largest absolute Gasteiger partial charge is 0.472 e. The number of phosphoric ester groups is 2. The molecular weight excluding hydrogens is 1510 g/mol. The highest BCUT2D eigenvalue weighted by molar-refractivity contribution is 7.47. The van der Waals surface area contributed by atoms with Gasteiger partial charge in [0.25, 0.3) is 0 Å². The Kier molecular flexibility index (Phi) is 88.5. The van der Waals surface area contributed by atoms with Gasteiger partial charge in [-0.25, -0.2) is 9.13 Å². The molecule has 0 aliphatic heterocycles. The Morgan fingerprint density at radius 2 is 0.453 bits per heavy atom. The zero-order valence-electron chi connectivity index (χ0n) is 75.1. The lowest BCUT2D eigenvalue weighted by Gasteiger charge is -2.21. The van der Waals surface area contributed by atoms with Crippen LogP contribution in [-0.2, 0) is 55.8 Å². The van der Waals surface area contributed by atoms with Crippen LogP contribution in [0.25, 0.3) is 0 Å². The van der Waals surface area contributed by atoms with E-state index < -0.39 is 91.5 Å². The quantitative estimate of drug-likeness (QED) is 0.0146. The van der Waals surface area contributed by atoms with Gasteiger partial charge < -0.3 is 34.2 Å². The normalized spacial score (nSPS) is 14.2. The van der Waals surface area contributed by atoms with E-state index in [0.717, 1.165) is 116 Å². The second-order valence-electron chi connectivity index (χ2n) is 32.5. The van der Waals surface area contributed by atoms with Crippen molar-refractivity contribution in [3.63, 3.8) is 0 Å². The van der Waals surface area contributed by atoms with Crippen LogP contribution in [0.15, 0.2) is 109 Å². The highest BCUT2D eigenvalue weighted by atomic mass is 31.2. The minimum Gasteiger partial charge on any atom is -0.463 e. The second kappa shape index (κ2) is 91.4. The number of allylic oxidation sites excluding steroid dienone is 18. The molecule has 0 aromatic heterocycles. The number of hydrogen-bond acceptors (Lipinski definition) is 14. The molecule has 0 fully saturated rings. The van der Waals surface area contributed by atoms with E-state index in [-0.39, 0.29) is 19.3 Å². The second-order valence-corrected chi connectivity index (χ2v) is 35.4. The van der Waals surface area contributed by atoms with E-state index in [1.54, 1.807) is 0 Å². The first-order chi connectivity index (χ1) is 57.2. The first-order valence-electron chi connectivity index (χ1n) is 48.2. The Hall–Kier alpha value is -3.79. The molecule has 4 N–H and O–H groups in total. The van der Waals surface area contributed by atoms with E-state index in [1.807, 2.05) is 0 Å². The predicted octanol–water partition coefficient (Wildman–Crippen LogP) is 29.8. The van der Waals surface area contributed by atoms with Crippen LogP contribution in [0.3, 0.4) is 0 Å². The molecule has 5 atom stereocenters. The van der Waals surface area contributed by atoms with Crippen molar-refractivity contribution in [1.29, 1.82) is 0 Å². The van der Waals surface area contributed by atoms with E-state index in [4.69, 9.17) is 32.3 Å². The van der Waals surface area contributed by atoms with Crippen LogP contribution in [-0.4, -0.2) is 95.9 Å². The lowest BCUT2D eigenvalue weighted by Crippen LogP contribution is -2.30. The van der Waals surface area contributed by atoms with E-state index in [1.165, 1.54) is 270 Å². The van der Waals surface area contributed by atoms with Crippen molar-refractivity contribution in [2.45, 2.75) is 463 Å². The highest BCUT2D eigenvalue weighted by Crippen LogP contribution is 2.45. The molecule has 117 heavy (non-hydrogen) atoms. The van der Waals surface area contributed by atoms with Crippen molar-refractivity contribution in [2.75, 3.05) is 39.6 Å². The van der Waals surface area contributed by atoms with Gasteiger partial charge in [-0.2, -0.15) is 0 Å². The van der Waals surface area contributed by atoms with Crippen LogP contribution >= 0.6 is 15.6 Å². The van der Waals surface area contributed by atoms with Gasteiger partial charge in [0.05, 0.1) is 26.4 Å². The van der Waals surface area contributed by atoms with E-state index in [2.05, 4.69) is 130 Å². The molecule has 0 rings (SSSR count). The lowest BCUT2D eigenvalue weighted by molar-refractivity contribution is -0.161. The molecule has 680 valence electrons. The summed E-state index contributed by atoms with van der Waals surface area (Å²) in [5, 5.41) is 20.7. The molecule has 16 nitrogen and oxygen atoms in total. The third-order valence-corrected chi connectivity index (χ3v) is 22.9. The maximum Gasteiger partial charge on any atom is 0.472 e. The van der Waals surface area contributed by atoms with Gasteiger partial charge in [-0.3, -0.25) is 32.5 Å². The van der Waals surface area contributed by atoms with Crippen molar-refractivity contribution in [2.24, 2.45) is 0 Å². The van der Waals surface area contributed by atoms with Gasteiger partial charge in [0.2, 0.25) is 0 Å². The van der Waals surface area contributed by atoms with E-state index in [0.29, 0.717) is 19.3 Å². The Balaban J connectivity index is 4.39. The Bertz CT molecular complexity index is 2560. The van der Waals surface area contributed by atoms with Gasteiger partial charge in [0.1, 0.15) is 25.4 Å². The monoisotopic (exact) mass is 1690 g/mol. The molecule has 0 saturated carbocycles. The molecule has 0 bridgehead atoms.